The molecule has 6 nitrogen and oxygen atoms in total. The third-order valence-corrected chi connectivity index (χ3v) is 4.63. The fourth-order valence-corrected chi connectivity index (χ4v) is 3.27. The number of benzene rings is 2. The van der Waals surface area contributed by atoms with Crippen molar-refractivity contribution < 1.29 is 23.8 Å². The second-order valence-corrected chi connectivity index (χ2v) is 6.53. The largest absolute Gasteiger partial charge is 0.493 e. The third-order valence-electron chi connectivity index (χ3n) is 4.63. The molecule has 1 heterocycles. The number of H-pyrrole nitrogens is 1. The average Bonchev–Trinajstić information content (AvgIpc) is 3.06. The fraction of sp³-hybridized carbons (Fsp3) is 0.217. The van der Waals surface area contributed by atoms with Crippen LogP contribution in [-0.2, 0) is 9.53 Å². The van der Waals surface area contributed by atoms with E-state index >= 15 is 0 Å². The van der Waals surface area contributed by atoms with Gasteiger partial charge >= 0.3 is 5.97 Å². The van der Waals surface area contributed by atoms with Gasteiger partial charge in [-0.05, 0) is 32.1 Å². The van der Waals surface area contributed by atoms with Crippen LogP contribution in [0.5, 0.6) is 11.5 Å². The van der Waals surface area contributed by atoms with E-state index in [0.717, 1.165) is 16.6 Å². The third kappa shape index (κ3) is 4.16. The second-order valence-electron chi connectivity index (χ2n) is 6.53. The first-order valence-electron chi connectivity index (χ1n) is 9.17. The molecule has 0 aliphatic rings. The van der Waals surface area contributed by atoms with Crippen LogP contribution in [0.1, 0.15) is 28.5 Å². The lowest BCUT2D eigenvalue weighted by atomic mass is 10.0. The lowest BCUT2D eigenvalue weighted by Crippen LogP contribution is -2.24. The van der Waals surface area contributed by atoms with Gasteiger partial charge in [0.1, 0.15) is 0 Å². The van der Waals surface area contributed by atoms with Gasteiger partial charge in [-0.3, -0.25) is 4.79 Å². The Kier molecular flexibility index (Phi) is 6.02. The number of esters is 1. The minimum absolute atomic E-state index is 0.249. The Morgan fingerprint density at radius 3 is 2.52 bits per heavy atom. The molecule has 0 unspecified atom stereocenters. The van der Waals surface area contributed by atoms with Crippen LogP contribution >= 0.6 is 0 Å². The minimum Gasteiger partial charge on any atom is -0.493 e. The van der Waals surface area contributed by atoms with Gasteiger partial charge in [-0.2, -0.15) is 0 Å². The lowest BCUT2D eigenvalue weighted by molar-refractivity contribution is -0.140. The van der Waals surface area contributed by atoms with Gasteiger partial charge in [0, 0.05) is 33.8 Å². The number of ether oxygens (including phenoxy) is 3. The number of fused-ring (bicyclic) bond motifs is 1. The summed E-state index contributed by atoms with van der Waals surface area (Å²) in [6.07, 6.45) is 1.92. The molecule has 3 rings (SSSR count). The maximum atomic E-state index is 12.9. The molecule has 2 aromatic carbocycles. The van der Waals surface area contributed by atoms with E-state index in [-0.39, 0.29) is 5.78 Å². The molecule has 6 heteroatoms. The number of ketones is 1. The molecule has 29 heavy (non-hydrogen) atoms. The van der Waals surface area contributed by atoms with E-state index in [1.807, 2.05) is 31.2 Å². The molecule has 0 fully saturated rings. The Labute approximate surface area is 169 Å². The molecule has 0 saturated carbocycles. The summed E-state index contributed by atoms with van der Waals surface area (Å²) in [5.74, 6) is 0.202. The quantitative estimate of drug-likeness (QED) is 0.367. The molecular formula is C23H23NO5. The smallest absolute Gasteiger partial charge is 0.331 e. The van der Waals surface area contributed by atoms with Crippen LogP contribution < -0.4 is 9.47 Å². The van der Waals surface area contributed by atoms with Crippen LogP contribution in [0.3, 0.4) is 0 Å². The molecule has 0 spiro atoms. The fourth-order valence-electron chi connectivity index (χ4n) is 3.27. The van der Waals surface area contributed by atoms with Gasteiger partial charge in [0.2, 0.25) is 5.78 Å². The summed E-state index contributed by atoms with van der Waals surface area (Å²) < 4.78 is 15.9. The van der Waals surface area contributed by atoms with E-state index in [1.54, 1.807) is 38.3 Å². The molecule has 0 aliphatic carbocycles. The Morgan fingerprint density at radius 1 is 1.03 bits per heavy atom. The molecule has 0 aliphatic heterocycles. The normalized spacial score (nSPS) is 12.1. The Morgan fingerprint density at radius 2 is 1.79 bits per heavy atom. The van der Waals surface area contributed by atoms with Crippen LogP contribution in [0.15, 0.2) is 48.5 Å². The summed E-state index contributed by atoms with van der Waals surface area (Å²) in [5, 5.41) is 0.814. The summed E-state index contributed by atoms with van der Waals surface area (Å²) in [4.78, 5) is 28.3. The van der Waals surface area contributed by atoms with Crippen LogP contribution in [0.2, 0.25) is 0 Å². The maximum Gasteiger partial charge on any atom is 0.331 e. The number of aromatic amines is 1. The molecule has 1 aromatic heterocycles. The second kappa shape index (κ2) is 8.65. The number of para-hydroxylation sites is 2. The first-order chi connectivity index (χ1) is 14.0. The highest BCUT2D eigenvalue weighted by atomic mass is 16.5. The van der Waals surface area contributed by atoms with Crippen LogP contribution in [0.4, 0.5) is 0 Å². The predicted molar refractivity (Wildman–Crippen MR) is 112 cm³/mol. The zero-order valence-corrected chi connectivity index (χ0v) is 16.8. The highest BCUT2D eigenvalue weighted by Gasteiger charge is 2.23. The monoisotopic (exact) mass is 393 g/mol. The van der Waals surface area contributed by atoms with Crippen molar-refractivity contribution >= 4 is 28.7 Å². The number of carbonyl (C=O) groups is 2. The maximum absolute atomic E-state index is 12.9. The number of hydrogen-bond donors (Lipinski definition) is 1. The van der Waals surface area contributed by atoms with Crippen molar-refractivity contribution in [3.05, 3.63) is 65.4 Å². The lowest BCUT2D eigenvalue weighted by Gasteiger charge is -2.12. The zero-order chi connectivity index (χ0) is 21.0. The number of methoxy groups -OCH3 is 2. The zero-order valence-electron chi connectivity index (χ0n) is 16.8. The van der Waals surface area contributed by atoms with E-state index in [2.05, 4.69) is 4.98 Å². The summed E-state index contributed by atoms with van der Waals surface area (Å²) in [7, 11) is 3.07. The van der Waals surface area contributed by atoms with E-state index in [9.17, 15) is 9.59 Å². The van der Waals surface area contributed by atoms with Crippen molar-refractivity contribution in [2.45, 2.75) is 20.0 Å². The molecular weight excluding hydrogens is 370 g/mol. The van der Waals surface area contributed by atoms with Gasteiger partial charge < -0.3 is 19.2 Å². The number of nitrogens with one attached hydrogen (secondary N) is 1. The number of Topliss-reactive ketones (excluding diaryl/α,β-unsaturated/α-hetero) is 1. The number of carbonyl (C=O) groups excluding carboxylic acids is 2. The minimum atomic E-state index is -0.919. The average molecular weight is 393 g/mol. The molecule has 0 bridgehead atoms. The molecule has 0 radical (unpaired) electrons. The summed E-state index contributed by atoms with van der Waals surface area (Å²) >= 11 is 0. The highest BCUT2D eigenvalue weighted by molar-refractivity contribution is 6.11. The van der Waals surface area contributed by atoms with Crippen molar-refractivity contribution in [1.82, 2.24) is 4.98 Å². The standard InChI is InChI=1S/C23H23NO5/c1-14-21(17-9-5-6-10-18(17)24-14)22(26)15(2)29-20(25)13-12-16-8-7-11-19(27-3)23(16)28-4/h5-13,15,24H,1-4H3/b13-12+/t15-/m1/s1. The van der Waals surface area contributed by atoms with E-state index in [4.69, 9.17) is 14.2 Å². The van der Waals surface area contributed by atoms with Gasteiger partial charge in [-0.15, -0.1) is 0 Å². The summed E-state index contributed by atoms with van der Waals surface area (Å²) in [6, 6.07) is 12.9. The number of aryl methyl sites for hydroxylation is 1. The van der Waals surface area contributed by atoms with E-state index in [0.29, 0.717) is 22.6 Å². The Hall–Kier alpha value is -3.54. The van der Waals surface area contributed by atoms with Gasteiger partial charge in [0.05, 0.1) is 14.2 Å². The molecule has 1 atom stereocenters. The van der Waals surface area contributed by atoms with Crippen LogP contribution in [0, 0.1) is 6.92 Å². The molecule has 150 valence electrons. The van der Waals surface area contributed by atoms with Gasteiger partial charge in [0.15, 0.2) is 17.6 Å². The first-order valence-corrected chi connectivity index (χ1v) is 9.17. The molecule has 0 amide bonds. The van der Waals surface area contributed by atoms with Crippen LogP contribution in [-0.4, -0.2) is 37.1 Å². The van der Waals surface area contributed by atoms with Crippen molar-refractivity contribution in [1.29, 1.82) is 0 Å². The Bertz CT molecular complexity index is 1080. The first kappa shape index (κ1) is 20.2. The highest BCUT2D eigenvalue weighted by Crippen LogP contribution is 2.31. The van der Waals surface area contributed by atoms with Crippen molar-refractivity contribution in [3.8, 4) is 11.5 Å². The number of hydrogen-bond acceptors (Lipinski definition) is 5. The van der Waals surface area contributed by atoms with Gasteiger partial charge in [0.25, 0.3) is 0 Å². The van der Waals surface area contributed by atoms with Gasteiger partial charge in [-0.25, -0.2) is 4.79 Å². The van der Waals surface area contributed by atoms with Crippen LogP contribution in [0.25, 0.3) is 17.0 Å². The molecule has 3 aromatic rings. The number of aromatic nitrogens is 1. The number of rotatable bonds is 7. The summed E-state index contributed by atoms with van der Waals surface area (Å²) in [5.41, 5.74) is 2.82. The van der Waals surface area contributed by atoms with Crippen molar-refractivity contribution in [3.63, 3.8) is 0 Å². The predicted octanol–water partition coefficient (Wildman–Crippen LogP) is 4.32. The molecule has 0 saturated heterocycles. The topological polar surface area (TPSA) is 77.6 Å². The Balaban J connectivity index is 1.75. The van der Waals surface area contributed by atoms with Crippen molar-refractivity contribution in [2.24, 2.45) is 0 Å². The summed E-state index contributed by atoms with van der Waals surface area (Å²) in [6.45, 7) is 3.40. The molecule has 1 N–H and O–H groups in total. The van der Waals surface area contributed by atoms with E-state index < -0.39 is 12.1 Å². The SMILES string of the molecule is COc1cccc(/C=C/C(=O)O[C@H](C)C(=O)c2c(C)[nH]c3ccccc23)c1OC. The van der Waals surface area contributed by atoms with Gasteiger partial charge in [-0.1, -0.05) is 30.3 Å². The van der Waals surface area contributed by atoms with Crippen molar-refractivity contribution in [2.75, 3.05) is 14.2 Å². The van der Waals surface area contributed by atoms with E-state index in [1.165, 1.54) is 13.2 Å².